The smallest absolute Gasteiger partial charge is 0.256 e. The molecule has 3 heterocycles. The van der Waals surface area contributed by atoms with Crippen LogP contribution in [0.1, 0.15) is 23.7 Å². The summed E-state index contributed by atoms with van der Waals surface area (Å²) >= 11 is 0. The third kappa shape index (κ3) is 3.13. The Morgan fingerprint density at radius 1 is 1.21 bits per heavy atom. The first-order chi connectivity index (χ1) is 13.5. The van der Waals surface area contributed by atoms with Gasteiger partial charge < -0.3 is 15.6 Å². The molecule has 142 valence electrons. The maximum atomic E-state index is 13.6. The summed E-state index contributed by atoms with van der Waals surface area (Å²) in [7, 11) is 0. The van der Waals surface area contributed by atoms with E-state index >= 15 is 0 Å². The van der Waals surface area contributed by atoms with Crippen molar-refractivity contribution in [1.82, 2.24) is 15.0 Å². The lowest BCUT2D eigenvalue weighted by atomic mass is 10.0. The fourth-order valence-corrected chi connectivity index (χ4v) is 3.25. The van der Waals surface area contributed by atoms with E-state index in [0.717, 1.165) is 0 Å². The van der Waals surface area contributed by atoms with Gasteiger partial charge in [0, 0.05) is 16.8 Å². The van der Waals surface area contributed by atoms with E-state index in [1.54, 1.807) is 25.1 Å². The summed E-state index contributed by atoms with van der Waals surface area (Å²) in [5.41, 5.74) is 3.30. The Kier molecular flexibility index (Phi) is 4.38. The average molecular weight is 379 g/mol. The summed E-state index contributed by atoms with van der Waals surface area (Å²) in [4.78, 5) is 35.5. The largest absolute Gasteiger partial charge is 0.338 e. The van der Waals surface area contributed by atoms with Crippen molar-refractivity contribution in [1.29, 1.82) is 0 Å². The molecule has 0 saturated heterocycles. The predicted octanol–water partition coefficient (Wildman–Crippen LogP) is 3.08. The van der Waals surface area contributed by atoms with Gasteiger partial charge in [-0.2, -0.15) is 0 Å². The highest BCUT2D eigenvalue weighted by Gasteiger charge is 2.23. The molecule has 0 radical (unpaired) electrons. The molecule has 3 aromatic rings. The Labute approximate surface area is 160 Å². The minimum absolute atomic E-state index is 0.141. The molecule has 3 N–H and O–H groups in total. The van der Waals surface area contributed by atoms with Crippen molar-refractivity contribution in [2.75, 3.05) is 10.6 Å². The zero-order chi connectivity index (χ0) is 19.8. The molecule has 2 aromatic heterocycles. The number of H-pyrrole nitrogens is 1. The third-order valence-electron chi connectivity index (χ3n) is 4.74. The molecule has 4 rings (SSSR count). The van der Waals surface area contributed by atoms with Crippen LogP contribution >= 0.6 is 0 Å². The summed E-state index contributed by atoms with van der Waals surface area (Å²) in [6.45, 7) is 3.58. The SMILES string of the molecule is CCc1[nH]c(=O)c(-c2ccc(F)c(C)c2)cc1Nc1ncnc2c1CC(=O)N2. The first-order valence-corrected chi connectivity index (χ1v) is 8.89. The number of benzene rings is 1. The number of nitrogens with one attached hydrogen (secondary N) is 3. The maximum Gasteiger partial charge on any atom is 0.256 e. The summed E-state index contributed by atoms with van der Waals surface area (Å²) < 4.78 is 13.6. The van der Waals surface area contributed by atoms with Crippen molar-refractivity contribution >= 4 is 23.2 Å². The normalized spacial score (nSPS) is 12.6. The van der Waals surface area contributed by atoms with Gasteiger partial charge in [-0.1, -0.05) is 13.0 Å². The standard InChI is InChI=1S/C20H18FN5O2/c1-3-15-16(24-18-13-8-17(27)26-19(13)23-9-22-18)7-12(20(28)25-15)11-4-5-14(21)10(2)6-11/h4-7,9H,3,8H2,1-2H3,(H,25,28)(H2,22,23,24,26,27). The lowest BCUT2D eigenvalue weighted by Crippen LogP contribution is -2.14. The summed E-state index contributed by atoms with van der Waals surface area (Å²) in [5.74, 6) is 0.529. The molecular formula is C20H18FN5O2. The van der Waals surface area contributed by atoms with Gasteiger partial charge in [0.1, 0.15) is 23.8 Å². The van der Waals surface area contributed by atoms with Gasteiger partial charge in [0.2, 0.25) is 5.91 Å². The number of aromatic nitrogens is 3. The molecular weight excluding hydrogens is 361 g/mol. The molecule has 1 aliphatic heterocycles. The van der Waals surface area contributed by atoms with Gasteiger partial charge >= 0.3 is 0 Å². The van der Waals surface area contributed by atoms with Crippen LogP contribution in [0.15, 0.2) is 35.4 Å². The van der Waals surface area contributed by atoms with Crippen LogP contribution in [0.4, 0.5) is 21.7 Å². The van der Waals surface area contributed by atoms with Gasteiger partial charge in [0.15, 0.2) is 0 Å². The Morgan fingerprint density at radius 2 is 2.04 bits per heavy atom. The average Bonchev–Trinajstić information content (AvgIpc) is 3.06. The molecule has 7 nitrogen and oxygen atoms in total. The molecule has 1 aliphatic rings. The lowest BCUT2D eigenvalue weighted by molar-refractivity contribution is -0.115. The highest BCUT2D eigenvalue weighted by molar-refractivity contribution is 5.99. The van der Waals surface area contributed by atoms with Crippen LogP contribution in [-0.2, 0) is 17.6 Å². The predicted molar refractivity (Wildman–Crippen MR) is 104 cm³/mol. The topological polar surface area (TPSA) is 99.8 Å². The fraction of sp³-hybridized carbons (Fsp3) is 0.200. The van der Waals surface area contributed by atoms with Crippen molar-refractivity contribution in [3.63, 3.8) is 0 Å². The van der Waals surface area contributed by atoms with Gasteiger partial charge in [0.25, 0.3) is 5.56 Å². The molecule has 0 aliphatic carbocycles. The highest BCUT2D eigenvalue weighted by atomic mass is 19.1. The Balaban J connectivity index is 1.79. The number of anilines is 3. The number of hydrogen-bond acceptors (Lipinski definition) is 5. The number of halogens is 1. The molecule has 0 saturated carbocycles. The number of aromatic amines is 1. The minimum atomic E-state index is -0.322. The van der Waals surface area contributed by atoms with Crippen LogP contribution in [0, 0.1) is 12.7 Å². The van der Waals surface area contributed by atoms with Gasteiger partial charge in [-0.25, -0.2) is 14.4 Å². The molecule has 28 heavy (non-hydrogen) atoms. The first-order valence-electron chi connectivity index (χ1n) is 8.89. The molecule has 1 aromatic carbocycles. The van der Waals surface area contributed by atoms with Crippen LogP contribution < -0.4 is 16.2 Å². The van der Waals surface area contributed by atoms with Crippen molar-refractivity contribution in [3.8, 4) is 11.1 Å². The highest BCUT2D eigenvalue weighted by Crippen LogP contribution is 2.30. The quantitative estimate of drug-likeness (QED) is 0.647. The van der Waals surface area contributed by atoms with E-state index in [2.05, 4.69) is 25.6 Å². The summed E-state index contributed by atoms with van der Waals surface area (Å²) in [6, 6.07) is 6.29. The van der Waals surface area contributed by atoms with E-state index in [4.69, 9.17) is 0 Å². The van der Waals surface area contributed by atoms with Crippen molar-refractivity contribution in [3.05, 3.63) is 63.6 Å². The second-order valence-corrected chi connectivity index (χ2v) is 6.62. The zero-order valence-electron chi connectivity index (χ0n) is 15.4. The van der Waals surface area contributed by atoms with Crippen LogP contribution in [0.25, 0.3) is 11.1 Å². The van der Waals surface area contributed by atoms with Gasteiger partial charge in [-0.15, -0.1) is 0 Å². The number of carbonyl (C=O) groups excluding carboxylic acids is 1. The number of rotatable bonds is 4. The molecule has 1 amide bonds. The van der Waals surface area contributed by atoms with Gasteiger partial charge in [-0.05, 0) is 42.7 Å². The second-order valence-electron chi connectivity index (χ2n) is 6.62. The minimum Gasteiger partial charge on any atom is -0.338 e. The summed E-state index contributed by atoms with van der Waals surface area (Å²) in [6.07, 6.45) is 2.15. The number of nitrogens with zero attached hydrogens (tertiary/aromatic N) is 2. The van der Waals surface area contributed by atoms with E-state index < -0.39 is 0 Å². The number of aryl methyl sites for hydroxylation is 2. The molecule has 0 atom stereocenters. The Hall–Kier alpha value is -3.55. The van der Waals surface area contributed by atoms with Crippen molar-refractivity contribution in [2.24, 2.45) is 0 Å². The Morgan fingerprint density at radius 3 is 2.79 bits per heavy atom. The Bertz CT molecular complexity index is 1160. The van der Waals surface area contributed by atoms with Crippen LogP contribution in [0.3, 0.4) is 0 Å². The number of pyridine rings is 1. The second kappa shape index (κ2) is 6.88. The van der Waals surface area contributed by atoms with Crippen LogP contribution in [0.2, 0.25) is 0 Å². The van der Waals surface area contributed by atoms with Crippen LogP contribution in [0.5, 0.6) is 0 Å². The van der Waals surface area contributed by atoms with Crippen LogP contribution in [-0.4, -0.2) is 20.9 Å². The summed E-state index contributed by atoms with van der Waals surface area (Å²) in [5, 5.41) is 5.91. The molecule has 0 spiro atoms. The van der Waals surface area contributed by atoms with E-state index in [9.17, 15) is 14.0 Å². The van der Waals surface area contributed by atoms with Crippen molar-refractivity contribution < 1.29 is 9.18 Å². The zero-order valence-corrected chi connectivity index (χ0v) is 15.4. The van der Waals surface area contributed by atoms with E-state index in [-0.39, 0.29) is 23.7 Å². The number of hydrogen-bond donors (Lipinski definition) is 3. The van der Waals surface area contributed by atoms with E-state index in [1.807, 2.05) is 6.92 Å². The number of fused-ring (bicyclic) bond motifs is 1. The molecule has 0 unspecified atom stereocenters. The fourth-order valence-electron chi connectivity index (χ4n) is 3.25. The van der Waals surface area contributed by atoms with Gasteiger partial charge in [0.05, 0.1) is 12.1 Å². The molecule has 0 bridgehead atoms. The molecule has 8 heteroatoms. The lowest BCUT2D eigenvalue weighted by Gasteiger charge is -2.14. The molecule has 0 fully saturated rings. The first kappa shape index (κ1) is 17.8. The number of amides is 1. The number of carbonyl (C=O) groups is 1. The maximum absolute atomic E-state index is 13.6. The van der Waals surface area contributed by atoms with Crippen molar-refractivity contribution in [2.45, 2.75) is 26.7 Å². The monoisotopic (exact) mass is 379 g/mol. The van der Waals surface area contributed by atoms with Gasteiger partial charge in [-0.3, -0.25) is 9.59 Å². The van der Waals surface area contributed by atoms with E-state index in [1.165, 1.54) is 12.4 Å². The van der Waals surface area contributed by atoms with E-state index in [0.29, 0.717) is 51.7 Å². The third-order valence-corrected chi connectivity index (χ3v) is 4.74.